The molecule has 0 aromatic heterocycles. The SMILES string of the molecule is CCC(N(C)C)S(N)(=O)=O. The molecule has 0 spiro atoms. The fraction of sp³-hybridized carbons (Fsp3) is 1.00. The molecule has 1 atom stereocenters. The third kappa shape index (κ3) is 2.64. The van der Waals surface area contributed by atoms with Gasteiger partial charge in [0.1, 0.15) is 5.37 Å². The van der Waals surface area contributed by atoms with E-state index in [1.165, 1.54) is 0 Å². The number of nitrogens with two attached hydrogens (primary N) is 1. The van der Waals surface area contributed by atoms with Crippen LogP contribution < -0.4 is 5.14 Å². The molecular formula is C5H14N2O2S. The lowest BCUT2D eigenvalue weighted by Crippen LogP contribution is -2.39. The molecule has 62 valence electrons. The van der Waals surface area contributed by atoms with Gasteiger partial charge >= 0.3 is 0 Å². The Balaban J connectivity index is 4.38. The predicted octanol–water partition coefficient (Wildman–Crippen LogP) is -0.427. The first-order chi connectivity index (χ1) is 4.39. The van der Waals surface area contributed by atoms with Crippen molar-refractivity contribution in [1.82, 2.24) is 4.90 Å². The minimum atomic E-state index is -3.39. The molecule has 0 heterocycles. The monoisotopic (exact) mass is 166 g/mol. The third-order valence-corrected chi connectivity index (χ3v) is 2.82. The van der Waals surface area contributed by atoms with E-state index in [0.717, 1.165) is 0 Å². The Bertz CT molecular complexity index is 186. The highest BCUT2D eigenvalue weighted by Gasteiger charge is 2.20. The molecule has 0 aliphatic carbocycles. The molecule has 0 aliphatic heterocycles. The summed E-state index contributed by atoms with van der Waals surface area (Å²) < 4.78 is 21.5. The maximum Gasteiger partial charge on any atom is 0.225 e. The Morgan fingerprint density at radius 1 is 1.50 bits per heavy atom. The molecule has 10 heavy (non-hydrogen) atoms. The molecule has 0 aromatic rings. The van der Waals surface area contributed by atoms with E-state index in [0.29, 0.717) is 6.42 Å². The Kier molecular flexibility index (Phi) is 3.27. The zero-order valence-electron chi connectivity index (χ0n) is 6.53. The van der Waals surface area contributed by atoms with E-state index in [1.54, 1.807) is 25.9 Å². The topological polar surface area (TPSA) is 63.4 Å². The summed E-state index contributed by atoms with van der Waals surface area (Å²) in [4.78, 5) is 1.59. The highest BCUT2D eigenvalue weighted by atomic mass is 32.2. The summed E-state index contributed by atoms with van der Waals surface area (Å²) in [7, 11) is -0.00225. The maximum atomic E-state index is 10.7. The highest BCUT2D eigenvalue weighted by Crippen LogP contribution is 2.03. The zero-order chi connectivity index (χ0) is 8.36. The summed E-state index contributed by atoms with van der Waals surface area (Å²) in [6.07, 6.45) is 0.520. The third-order valence-electron chi connectivity index (χ3n) is 1.30. The normalized spacial score (nSPS) is 15.7. The van der Waals surface area contributed by atoms with Crippen molar-refractivity contribution in [2.75, 3.05) is 14.1 Å². The van der Waals surface area contributed by atoms with Crippen LogP contribution in [0.1, 0.15) is 13.3 Å². The lowest BCUT2D eigenvalue weighted by atomic mass is 10.4. The Labute approximate surface area is 62.1 Å². The lowest BCUT2D eigenvalue weighted by molar-refractivity contribution is 0.356. The van der Waals surface area contributed by atoms with E-state index in [4.69, 9.17) is 5.14 Å². The largest absolute Gasteiger partial charge is 0.292 e. The van der Waals surface area contributed by atoms with Crippen LogP contribution in [0.3, 0.4) is 0 Å². The van der Waals surface area contributed by atoms with Gasteiger partial charge in [0.2, 0.25) is 10.0 Å². The van der Waals surface area contributed by atoms with E-state index in [9.17, 15) is 8.42 Å². The molecule has 2 N–H and O–H groups in total. The van der Waals surface area contributed by atoms with Crippen LogP contribution >= 0.6 is 0 Å². The molecule has 0 fully saturated rings. The Hall–Kier alpha value is -0.130. The van der Waals surface area contributed by atoms with Gasteiger partial charge < -0.3 is 0 Å². The Morgan fingerprint density at radius 2 is 1.90 bits per heavy atom. The molecule has 0 bridgehead atoms. The van der Waals surface area contributed by atoms with Crippen molar-refractivity contribution >= 4 is 10.0 Å². The van der Waals surface area contributed by atoms with E-state index in [-0.39, 0.29) is 0 Å². The molecule has 0 rings (SSSR count). The quantitative estimate of drug-likeness (QED) is 0.619. The summed E-state index contributed by atoms with van der Waals surface area (Å²) in [5.74, 6) is 0. The average molecular weight is 166 g/mol. The number of hydrogen-bond donors (Lipinski definition) is 1. The predicted molar refractivity (Wildman–Crippen MR) is 40.9 cm³/mol. The van der Waals surface area contributed by atoms with Crippen LogP contribution in [-0.4, -0.2) is 32.8 Å². The van der Waals surface area contributed by atoms with Gasteiger partial charge in [0.05, 0.1) is 0 Å². The van der Waals surface area contributed by atoms with Crippen molar-refractivity contribution in [3.05, 3.63) is 0 Å². The van der Waals surface area contributed by atoms with Crippen LogP contribution in [0.4, 0.5) is 0 Å². The van der Waals surface area contributed by atoms with Gasteiger partial charge in [-0.25, -0.2) is 13.6 Å². The van der Waals surface area contributed by atoms with Gasteiger partial charge in [0.25, 0.3) is 0 Å². The summed E-state index contributed by atoms with van der Waals surface area (Å²) in [6, 6.07) is 0. The van der Waals surface area contributed by atoms with Crippen molar-refractivity contribution in [3.8, 4) is 0 Å². The van der Waals surface area contributed by atoms with Crippen molar-refractivity contribution in [2.24, 2.45) is 5.14 Å². The number of rotatable bonds is 3. The number of hydrogen-bond acceptors (Lipinski definition) is 3. The fourth-order valence-electron chi connectivity index (χ4n) is 0.891. The van der Waals surface area contributed by atoms with E-state index >= 15 is 0 Å². The summed E-state index contributed by atoms with van der Waals surface area (Å²) in [5.41, 5.74) is 0. The molecule has 1 unspecified atom stereocenters. The van der Waals surface area contributed by atoms with E-state index < -0.39 is 15.4 Å². The second-order valence-electron chi connectivity index (χ2n) is 2.42. The van der Waals surface area contributed by atoms with Crippen LogP contribution in [-0.2, 0) is 10.0 Å². The Morgan fingerprint density at radius 3 is 1.90 bits per heavy atom. The van der Waals surface area contributed by atoms with Gasteiger partial charge in [-0.3, -0.25) is 4.90 Å². The number of nitrogens with zero attached hydrogens (tertiary/aromatic N) is 1. The lowest BCUT2D eigenvalue weighted by Gasteiger charge is -2.19. The number of primary sulfonamides is 1. The van der Waals surface area contributed by atoms with Crippen molar-refractivity contribution in [2.45, 2.75) is 18.7 Å². The number of sulfonamides is 1. The van der Waals surface area contributed by atoms with E-state index in [2.05, 4.69) is 0 Å². The van der Waals surface area contributed by atoms with Crippen molar-refractivity contribution < 1.29 is 8.42 Å². The summed E-state index contributed by atoms with van der Waals surface area (Å²) >= 11 is 0. The zero-order valence-corrected chi connectivity index (χ0v) is 7.35. The van der Waals surface area contributed by atoms with Gasteiger partial charge in [-0.15, -0.1) is 0 Å². The average Bonchev–Trinajstić information content (AvgIpc) is 1.60. The van der Waals surface area contributed by atoms with E-state index in [1.807, 2.05) is 0 Å². The molecule has 0 aromatic carbocycles. The van der Waals surface area contributed by atoms with Crippen LogP contribution in [0.5, 0.6) is 0 Å². The van der Waals surface area contributed by atoms with Gasteiger partial charge in [-0.05, 0) is 20.5 Å². The molecule has 0 radical (unpaired) electrons. The molecular weight excluding hydrogens is 152 g/mol. The van der Waals surface area contributed by atoms with Gasteiger partial charge in [-0.1, -0.05) is 6.92 Å². The van der Waals surface area contributed by atoms with Crippen molar-refractivity contribution in [1.29, 1.82) is 0 Å². The van der Waals surface area contributed by atoms with Crippen molar-refractivity contribution in [3.63, 3.8) is 0 Å². The molecule has 0 saturated carbocycles. The van der Waals surface area contributed by atoms with Gasteiger partial charge in [0.15, 0.2) is 0 Å². The van der Waals surface area contributed by atoms with Crippen LogP contribution in [0, 0.1) is 0 Å². The first kappa shape index (κ1) is 9.87. The minimum Gasteiger partial charge on any atom is -0.292 e. The van der Waals surface area contributed by atoms with Gasteiger partial charge in [-0.2, -0.15) is 0 Å². The highest BCUT2D eigenvalue weighted by molar-refractivity contribution is 7.89. The minimum absolute atomic E-state index is 0.520. The molecule has 0 aliphatic rings. The first-order valence-corrected chi connectivity index (χ1v) is 4.68. The molecule has 4 nitrogen and oxygen atoms in total. The summed E-state index contributed by atoms with van der Waals surface area (Å²) in [5, 5.41) is 4.37. The standard InChI is InChI=1S/C5H14N2O2S/c1-4-5(7(2)3)10(6,8)9/h5H,4H2,1-3H3,(H2,6,8,9). The first-order valence-electron chi connectivity index (χ1n) is 3.07. The maximum absolute atomic E-state index is 10.7. The second kappa shape index (κ2) is 3.32. The van der Waals surface area contributed by atoms with Crippen LogP contribution in [0.25, 0.3) is 0 Å². The van der Waals surface area contributed by atoms with Gasteiger partial charge in [0, 0.05) is 0 Å². The smallest absolute Gasteiger partial charge is 0.225 e. The molecule has 0 saturated heterocycles. The summed E-state index contributed by atoms with van der Waals surface area (Å²) in [6.45, 7) is 1.79. The fourth-order valence-corrected chi connectivity index (χ4v) is 1.94. The van der Waals surface area contributed by atoms with Crippen LogP contribution in [0.15, 0.2) is 0 Å². The second-order valence-corrected chi connectivity index (χ2v) is 4.14. The molecule has 0 amide bonds. The molecule has 5 heteroatoms. The van der Waals surface area contributed by atoms with Crippen LogP contribution in [0.2, 0.25) is 0 Å².